The van der Waals surface area contributed by atoms with Crippen molar-refractivity contribution >= 4 is 23.5 Å². The van der Waals surface area contributed by atoms with Crippen molar-refractivity contribution in [3.05, 3.63) is 24.0 Å². The van der Waals surface area contributed by atoms with Gasteiger partial charge >= 0.3 is 0 Å². The summed E-state index contributed by atoms with van der Waals surface area (Å²) in [5.74, 6) is 0.887. The van der Waals surface area contributed by atoms with Crippen molar-refractivity contribution in [1.82, 2.24) is 19.9 Å². The SMILES string of the molecule is CCN1CCCC1CNc1nc(NCC2CCCCC2)nc(Nc2ccc(O)c(F)c2)n1. The summed E-state index contributed by atoms with van der Waals surface area (Å²) in [5.41, 5.74) is 0.462. The molecule has 9 heteroatoms. The zero-order chi connectivity index (χ0) is 22.3. The number of nitrogens with zero attached hydrogens (tertiary/aromatic N) is 4. The van der Waals surface area contributed by atoms with Crippen LogP contribution < -0.4 is 16.0 Å². The molecule has 1 aromatic heterocycles. The lowest BCUT2D eigenvalue weighted by Crippen LogP contribution is -2.35. The summed E-state index contributed by atoms with van der Waals surface area (Å²) < 4.78 is 13.8. The van der Waals surface area contributed by atoms with Gasteiger partial charge in [0.05, 0.1) is 0 Å². The number of phenolic OH excluding ortho intramolecular Hbond substituents is 1. The van der Waals surface area contributed by atoms with Crippen LogP contribution >= 0.6 is 0 Å². The molecule has 8 nitrogen and oxygen atoms in total. The number of hydrogen-bond donors (Lipinski definition) is 4. The van der Waals surface area contributed by atoms with Crippen LogP contribution in [-0.4, -0.2) is 57.2 Å². The van der Waals surface area contributed by atoms with Crippen molar-refractivity contribution in [1.29, 1.82) is 0 Å². The van der Waals surface area contributed by atoms with Gasteiger partial charge in [-0.15, -0.1) is 0 Å². The smallest absolute Gasteiger partial charge is 0.233 e. The molecule has 32 heavy (non-hydrogen) atoms. The van der Waals surface area contributed by atoms with Crippen LogP contribution in [-0.2, 0) is 0 Å². The predicted octanol–water partition coefficient (Wildman–Crippen LogP) is 4.35. The van der Waals surface area contributed by atoms with Crippen molar-refractivity contribution in [2.45, 2.75) is 57.9 Å². The summed E-state index contributed by atoms with van der Waals surface area (Å²) in [4.78, 5) is 16.0. The van der Waals surface area contributed by atoms with Crippen molar-refractivity contribution in [3.8, 4) is 5.75 Å². The highest BCUT2D eigenvalue weighted by Crippen LogP contribution is 2.25. The minimum Gasteiger partial charge on any atom is -0.505 e. The number of nitrogens with one attached hydrogen (secondary N) is 3. The molecule has 0 radical (unpaired) electrons. The molecule has 1 aliphatic carbocycles. The highest BCUT2D eigenvalue weighted by atomic mass is 19.1. The Morgan fingerprint density at radius 1 is 0.969 bits per heavy atom. The molecule has 1 aliphatic heterocycles. The number of aromatic hydroxyl groups is 1. The number of rotatable bonds is 9. The molecule has 2 aliphatic rings. The van der Waals surface area contributed by atoms with E-state index in [1.165, 1.54) is 50.7 Å². The van der Waals surface area contributed by atoms with Gasteiger partial charge in [-0.05, 0) is 56.8 Å². The van der Waals surface area contributed by atoms with Crippen LogP contribution in [0.2, 0.25) is 0 Å². The first kappa shape index (κ1) is 22.5. The molecule has 1 saturated carbocycles. The first-order valence-corrected chi connectivity index (χ1v) is 11.8. The van der Waals surface area contributed by atoms with Gasteiger partial charge in [0.1, 0.15) is 0 Å². The standard InChI is InChI=1S/C23H34FN7O/c1-2-31-12-6-9-18(31)15-26-22-28-21(25-14-16-7-4-3-5-8-16)29-23(30-22)27-17-10-11-20(32)19(24)13-17/h10-11,13,16,18,32H,2-9,12,14-15H2,1H3,(H3,25,26,27,28,29,30). The maximum atomic E-state index is 13.8. The van der Waals surface area contributed by atoms with Gasteiger partial charge in [-0.1, -0.05) is 26.2 Å². The molecule has 2 fully saturated rings. The average Bonchev–Trinajstić information content (AvgIpc) is 3.27. The van der Waals surface area contributed by atoms with Gasteiger partial charge in [-0.25, -0.2) is 4.39 Å². The van der Waals surface area contributed by atoms with Gasteiger partial charge in [0.2, 0.25) is 17.8 Å². The van der Waals surface area contributed by atoms with E-state index >= 15 is 0 Å². The number of likely N-dealkylation sites (N-methyl/N-ethyl adjacent to an activating group) is 1. The molecule has 1 unspecified atom stereocenters. The second-order valence-electron chi connectivity index (χ2n) is 8.79. The van der Waals surface area contributed by atoms with Crippen LogP contribution in [0.5, 0.6) is 5.75 Å². The molecule has 4 N–H and O–H groups in total. The van der Waals surface area contributed by atoms with E-state index in [-0.39, 0.29) is 5.75 Å². The Labute approximate surface area is 189 Å². The van der Waals surface area contributed by atoms with Gasteiger partial charge in [0.25, 0.3) is 0 Å². The highest BCUT2D eigenvalue weighted by molar-refractivity contribution is 5.57. The summed E-state index contributed by atoms with van der Waals surface area (Å²) in [6, 6.07) is 4.58. The number of phenols is 1. The maximum absolute atomic E-state index is 13.8. The third-order valence-electron chi connectivity index (χ3n) is 6.51. The van der Waals surface area contributed by atoms with E-state index in [0.29, 0.717) is 35.5 Å². The molecule has 1 saturated heterocycles. The highest BCUT2D eigenvalue weighted by Gasteiger charge is 2.23. The molecule has 1 aromatic carbocycles. The fourth-order valence-electron chi connectivity index (χ4n) is 4.68. The molecule has 1 atom stereocenters. The van der Waals surface area contributed by atoms with Crippen LogP contribution in [0.3, 0.4) is 0 Å². The first-order valence-electron chi connectivity index (χ1n) is 11.8. The number of hydrogen-bond acceptors (Lipinski definition) is 8. The molecular weight excluding hydrogens is 409 g/mol. The minimum absolute atomic E-state index is 0.331. The molecule has 2 aromatic rings. The first-order chi connectivity index (χ1) is 15.6. The van der Waals surface area contributed by atoms with Crippen LogP contribution in [0, 0.1) is 11.7 Å². The molecule has 0 bridgehead atoms. The summed E-state index contributed by atoms with van der Waals surface area (Å²) in [6.45, 7) is 5.97. The van der Waals surface area contributed by atoms with Gasteiger partial charge in [0, 0.05) is 30.9 Å². The topological polar surface area (TPSA) is 98.2 Å². The number of halogens is 1. The van der Waals surface area contributed by atoms with E-state index in [2.05, 4.69) is 42.7 Å². The van der Waals surface area contributed by atoms with Crippen LogP contribution in [0.25, 0.3) is 0 Å². The second-order valence-corrected chi connectivity index (χ2v) is 8.79. The average molecular weight is 444 g/mol. The fourth-order valence-corrected chi connectivity index (χ4v) is 4.68. The third-order valence-corrected chi connectivity index (χ3v) is 6.51. The summed E-state index contributed by atoms with van der Waals surface area (Å²) in [5, 5.41) is 19.2. The normalized spacial score (nSPS) is 19.8. The van der Waals surface area contributed by atoms with Crippen LogP contribution in [0.15, 0.2) is 18.2 Å². The van der Waals surface area contributed by atoms with E-state index in [4.69, 9.17) is 0 Å². The maximum Gasteiger partial charge on any atom is 0.233 e. The van der Waals surface area contributed by atoms with Crippen molar-refractivity contribution in [2.24, 2.45) is 5.92 Å². The molecule has 2 heterocycles. The Bertz CT molecular complexity index is 891. The Hall–Kier alpha value is -2.68. The van der Waals surface area contributed by atoms with E-state index in [1.54, 1.807) is 6.07 Å². The Balaban J connectivity index is 1.47. The Kier molecular flexibility index (Phi) is 7.57. The summed E-state index contributed by atoms with van der Waals surface area (Å²) in [6.07, 6.45) is 8.73. The number of benzene rings is 1. The van der Waals surface area contributed by atoms with E-state index in [0.717, 1.165) is 32.6 Å². The van der Waals surface area contributed by atoms with Crippen LogP contribution in [0.1, 0.15) is 51.9 Å². The zero-order valence-electron chi connectivity index (χ0n) is 18.8. The monoisotopic (exact) mass is 443 g/mol. The van der Waals surface area contributed by atoms with Crippen molar-refractivity contribution < 1.29 is 9.50 Å². The lowest BCUT2D eigenvalue weighted by molar-refractivity contribution is 0.277. The minimum atomic E-state index is -0.695. The van der Waals surface area contributed by atoms with Crippen LogP contribution in [0.4, 0.5) is 27.9 Å². The third kappa shape index (κ3) is 5.97. The van der Waals surface area contributed by atoms with E-state index in [1.807, 2.05) is 0 Å². The number of likely N-dealkylation sites (tertiary alicyclic amines) is 1. The Morgan fingerprint density at radius 3 is 2.41 bits per heavy atom. The largest absolute Gasteiger partial charge is 0.505 e. The Morgan fingerprint density at radius 2 is 1.69 bits per heavy atom. The van der Waals surface area contributed by atoms with Gasteiger partial charge in [0.15, 0.2) is 11.6 Å². The quantitative estimate of drug-likeness (QED) is 0.425. The summed E-state index contributed by atoms with van der Waals surface area (Å²) >= 11 is 0. The summed E-state index contributed by atoms with van der Waals surface area (Å²) in [7, 11) is 0. The van der Waals surface area contributed by atoms with Crippen molar-refractivity contribution in [2.75, 3.05) is 42.1 Å². The van der Waals surface area contributed by atoms with Gasteiger partial charge in [-0.3, -0.25) is 4.90 Å². The number of aromatic nitrogens is 3. The van der Waals surface area contributed by atoms with E-state index in [9.17, 15) is 9.50 Å². The molecule has 0 spiro atoms. The number of anilines is 4. The predicted molar refractivity (Wildman–Crippen MR) is 125 cm³/mol. The molecular formula is C23H34FN7O. The van der Waals surface area contributed by atoms with E-state index < -0.39 is 5.82 Å². The van der Waals surface area contributed by atoms with Crippen molar-refractivity contribution in [3.63, 3.8) is 0 Å². The molecule has 0 amide bonds. The van der Waals surface area contributed by atoms with Gasteiger partial charge < -0.3 is 21.1 Å². The van der Waals surface area contributed by atoms with Gasteiger partial charge in [-0.2, -0.15) is 15.0 Å². The lowest BCUT2D eigenvalue weighted by atomic mass is 9.89. The lowest BCUT2D eigenvalue weighted by Gasteiger charge is -2.23. The molecule has 174 valence electrons. The molecule has 4 rings (SSSR count). The second kappa shape index (κ2) is 10.8. The fraction of sp³-hybridized carbons (Fsp3) is 0.609. The zero-order valence-corrected chi connectivity index (χ0v) is 18.8.